The summed E-state index contributed by atoms with van der Waals surface area (Å²) in [6.07, 6.45) is 2.42. The molecule has 5 heteroatoms. The van der Waals surface area contributed by atoms with Crippen molar-refractivity contribution >= 4 is 0 Å². The van der Waals surface area contributed by atoms with E-state index < -0.39 is 0 Å². The van der Waals surface area contributed by atoms with E-state index in [4.69, 9.17) is 4.74 Å². The predicted octanol–water partition coefficient (Wildman–Crippen LogP) is 1.55. The second-order valence-corrected chi connectivity index (χ2v) is 3.02. The largest absolute Gasteiger partial charge is 0.378 e. The normalized spacial score (nSPS) is 10.5. The third-order valence-electron chi connectivity index (χ3n) is 1.87. The molecule has 0 unspecified atom stereocenters. The van der Waals surface area contributed by atoms with Gasteiger partial charge in [-0.2, -0.15) is 5.10 Å². The van der Waals surface area contributed by atoms with Crippen molar-refractivity contribution < 1.29 is 9.13 Å². The Morgan fingerprint density at radius 1 is 1.47 bits per heavy atom. The number of hydrogen-bond acceptors (Lipinski definition) is 3. The number of pyridine rings is 1. The van der Waals surface area contributed by atoms with Crippen LogP contribution in [-0.4, -0.2) is 21.9 Å². The molecule has 0 N–H and O–H groups in total. The number of methoxy groups -OCH3 is 1. The molecule has 0 atom stereocenters. The molecule has 0 saturated heterocycles. The maximum absolute atomic E-state index is 12.7. The minimum Gasteiger partial charge on any atom is -0.378 e. The van der Waals surface area contributed by atoms with Crippen molar-refractivity contribution in [2.45, 2.75) is 6.61 Å². The number of nitrogens with zero attached hydrogens (tertiary/aromatic N) is 3. The van der Waals surface area contributed by atoms with Gasteiger partial charge in [-0.15, -0.1) is 0 Å². The van der Waals surface area contributed by atoms with Gasteiger partial charge in [-0.25, -0.2) is 14.1 Å². The standard InChI is InChI=1S/C10H10FN3O/c1-15-7-9-3-2-4-10(13-9)14-6-8(11)5-12-14/h2-6H,7H2,1H3. The van der Waals surface area contributed by atoms with Crippen LogP contribution in [0.3, 0.4) is 0 Å². The van der Waals surface area contributed by atoms with E-state index in [0.717, 1.165) is 11.9 Å². The molecular formula is C10H10FN3O. The molecule has 0 aromatic carbocycles. The number of hydrogen-bond donors (Lipinski definition) is 0. The Kier molecular flexibility index (Phi) is 2.73. The molecule has 0 saturated carbocycles. The Hall–Kier alpha value is -1.75. The summed E-state index contributed by atoms with van der Waals surface area (Å²) < 4.78 is 19.1. The van der Waals surface area contributed by atoms with Gasteiger partial charge in [0, 0.05) is 7.11 Å². The van der Waals surface area contributed by atoms with Gasteiger partial charge in [0.25, 0.3) is 0 Å². The van der Waals surface area contributed by atoms with Crippen LogP contribution in [0.1, 0.15) is 5.69 Å². The van der Waals surface area contributed by atoms with Crippen LogP contribution in [0.25, 0.3) is 5.82 Å². The van der Waals surface area contributed by atoms with Gasteiger partial charge in [-0.1, -0.05) is 6.07 Å². The van der Waals surface area contributed by atoms with Crippen molar-refractivity contribution in [1.82, 2.24) is 14.8 Å². The van der Waals surface area contributed by atoms with Crippen LogP contribution < -0.4 is 0 Å². The summed E-state index contributed by atoms with van der Waals surface area (Å²) in [6, 6.07) is 5.43. The summed E-state index contributed by atoms with van der Waals surface area (Å²) in [7, 11) is 1.60. The number of ether oxygens (including phenoxy) is 1. The average molecular weight is 207 g/mol. The van der Waals surface area contributed by atoms with Gasteiger partial charge in [0.05, 0.1) is 24.7 Å². The minimum atomic E-state index is -0.381. The highest BCUT2D eigenvalue weighted by molar-refractivity contribution is 5.23. The lowest BCUT2D eigenvalue weighted by Gasteiger charge is -2.02. The van der Waals surface area contributed by atoms with Gasteiger partial charge < -0.3 is 4.74 Å². The van der Waals surface area contributed by atoms with Crippen LogP contribution >= 0.6 is 0 Å². The molecule has 0 aliphatic rings. The number of aromatic nitrogens is 3. The van der Waals surface area contributed by atoms with Crippen molar-refractivity contribution in [3.8, 4) is 5.82 Å². The van der Waals surface area contributed by atoms with Gasteiger partial charge in [-0.3, -0.25) is 0 Å². The fourth-order valence-electron chi connectivity index (χ4n) is 1.25. The summed E-state index contributed by atoms with van der Waals surface area (Å²) in [5.41, 5.74) is 0.783. The Bertz CT molecular complexity index is 455. The van der Waals surface area contributed by atoms with Gasteiger partial charge >= 0.3 is 0 Å². The molecule has 0 radical (unpaired) electrons. The second kappa shape index (κ2) is 4.18. The molecule has 78 valence electrons. The fourth-order valence-corrected chi connectivity index (χ4v) is 1.25. The lowest BCUT2D eigenvalue weighted by Crippen LogP contribution is -2.01. The third-order valence-corrected chi connectivity index (χ3v) is 1.87. The highest BCUT2D eigenvalue weighted by atomic mass is 19.1. The average Bonchev–Trinajstić information content (AvgIpc) is 2.66. The third kappa shape index (κ3) is 2.19. The van der Waals surface area contributed by atoms with Crippen molar-refractivity contribution in [3.05, 3.63) is 42.1 Å². The summed E-state index contributed by atoms with van der Waals surface area (Å²) in [5, 5.41) is 3.83. The van der Waals surface area contributed by atoms with Gasteiger partial charge in [-0.05, 0) is 12.1 Å². The Balaban J connectivity index is 2.32. The van der Waals surface area contributed by atoms with Gasteiger partial charge in [0.1, 0.15) is 0 Å². The lowest BCUT2D eigenvalue weighted by molar-refractivity contribution is 0.181. The first-order valence-corrected chi connectivity index (χ1v) is 4.45. The number of halogens is 1. The molecule has 0 spiro atoms. The van der Waals surface area contributed by atoms with E-state index in [9.17, 15) is 4.39 Å². The Labute approximate surface area is 86.3 Å². The van der Waals surface area contributed by atoms with Gasteiger partial charge in [0.2, 0.25) is 0 Å². The lowest BCUT2D eigenvalue weighted by atomic mass is 10.3. The zero-order valence-corrected chi connectivity index (χ0v) is 8.22. The Morgan fingerprint density at radius 2 is 2.33 bits per heavy atom. The summed E-state index contributed by atoms with van der Waals surface area (Å²) >= 11 is 0. The molecule has 4 nitrogen and oxygen atoms in total. The SMILES string of the molecule is COCc1cccc(-n2cc(F)cn2)n1. The second-order valence-electron chi connectivity index (χ2n) is 3.02. The fraction of sp³-hybridized carbons (Fsp3) is 0.200. The van der Waals surface area contributed by atoms with Crippen LogP contribution in [0.2, 0.25) is 0 Å². The maximum atomic E-state index is 12.7. The molecular weight excluding hydrogens is 197 g/mol. The minimum absolute atomic E-state index is 0.381. The van der Waals surface area contributed by atoms with Gasteiger partial charge in [0.15, 0.2) is 11.6 Å². The molecule has 0 fully saturated rings. The summed E-state index contributed by atoms with van der Waals surface area (Å²) in [6.45, 7) is 0.428. The van der Waals surface area contributed by atoms with E-state index >= 15 is 0 Å². The molecule has 0 aliphatic heterocycles. The molecule has 0 bridgehead atoms. The van der Waals surface area contributed by atoms with E-state index in [1.54, 1.807) is 13.2 Å². The van der Waals surface area contributed by atoms with Crippen LogP contribution in [0.15, 0.2) is 30.6 Å². The van der Waals surface area contributed by atoms with E-state index in [1.165, 1.54) is 10.9 Å². The number of rotatable bonds is 3. The highest BCUT2D eigenvalue weighted by Gasteiger charge is 2.02. The molecule has 2 rings (SSSR count). The van der Waals surface area contributed by atoms with Crippen molar-refractivity contribution in [3.63, 3.8) is 0 Å². The van der Waals surface area contributed by atoms with E-state index in [0.29, 0.717) is 12.4 Å². The molecule has 2 aromatic heterocycles. The summed E-state index contributed by atoms with van der Waals surface area (Å²) in [5.74, 6) is 0.197. The van der Waals surface area contributed by atoms with Crippen LogP contribution in [0.4, 0.5) is 4.39 Å². The first-order chi connectivity index (χ1) is 7.29. The van der Waals surface area contributed by atoms with Crippen LogP contribution in [-0.2, 0) is 11.3 Å². The maximum Gasteiger partial charge on any atom is 0.161 e. The van der Waals surface area contributed by atoms with Crippen molar-refractivity contribution in [2.24, 2.45) is 0 Å². The quantitative estimate of drug-likeness (QED) is 0.766. The molecule has 2 aromatic rings. The summed E-state index contributed by atoms with van der Waals surface area (Å²) in [4.78, 5) is 4.25. The Morgan fingerprint density at radius 3 is 3.00 bits per heavy atom. The monoisotopic (exact) mass is 207 g/mol. The highest BCUT2D eigenvalue weighted by Crippen LogP contribution is 2.06. The van der Waals surface area contributed by atoms with Crippen molar-refractivity contribution in [1.29, 1.82) is 0 Å². The topological polar surface area (TPSA) is 39.9 Å². The molecule has 15 heavy (non-hydrogen) atoms. The zero-order valence-electron chi connectivity index (χ0n) is 8.22. The molecule has 0 aliphatic carbocycles. The first kappa shape index (κ1) is 9.79. The van der Waals surface area contributed by atoms with Crippen LogP contribution in [0, 0.1) is 5.82 Å². The smallest absolute Gasteiger partial charge is 0.161 e. The van der Waals surface area contributed by atoms with Crippen molar-refractivity contribution in [2.75, 3.05) is 7.11 Å². The zero-order chi connectivity index (χ0) is 10.7. The molecule has 0 amide bonds. The van der Waals surface area contributed by atoms with E-state index in [-0.39, 0.29) is 5.82 Å². The predicted molar refractivity (Wildman–Crippen MR) is 52.0 cm³/mol. The van der Waals surface area contributed by atoms with E-state index in [1.807, 2.05) is 12.1 Å². The van der Waals surface area contributed by atoms with E-state index in [2.05, 4.69) is 10.1 Å². The molecule has 2 heterocycles. The first-order valence-electron chi connectivity index (χ1n) is 4.45. The van der Waals surface area contributed by atoms with Crippen LogP contribution in [0.5, 0.6) is 0 Å².